The van der Waals surface area contributed by atoms with Crippen molar-refractivity contribution < 1.29 is 18.3 Å². The lowest BCUT2D eigenvalue weighted by molar-refractivity contribution is 0.102. The average Bonchev–Trinajstić information content (AvgIpc) is 2.43. The van der Waals surface area contributed by atoms with Gasteiger partial charge < -0.3 is 10.1 Å². The summed E-state index contributed by atoms with van der Waals surface area (Å²) >= 11 is 5.82. The third kappa shape index (κ3) is 3.05. The molecule has 20 heavy (non-hydrogen) atoms. The monoisotopic (exact) mass is 297 g/mol. The number of hydrogen-bond acceptors (Lipinski definition) is 2. The largest absolute Gasteiger partial charge is 0.496 e. The molecule has 0 heterocycles. The van der Waals surface area contributed by atoms with Crippen LogP contribution in [0.5, 0.6) is 5.75 Å². The molecule has 0 bridgehead atoms. The molecule has 1 N–H and O–H groups in total. The minimum Gasteiger partial charge on any atom is -0.496 e. The van der Waals surface area contributed by atoms with Crippen molar-refractivity contribution in [2.24, 2.45) is 0 Å². The maximum Gasteiger partial charge on any atom is 0.259 e. The lowest BCUT2D eigenvalue weighted by Gasteiger charge is -2.10. The Morgan fingerprint density at radius 1 is 1.15 bits per heavy atom. The summed E-state index contributed by atoms with van der Waals surface area (Å²) in [7, 11) is 1.41. The Hall–Kier alpha value is -2.14. The van der Waals surface area contributed by atoms with Crippen LogP contribution < -0.4 is 10.1 Å². The molecule has 0 aromatic heterocycles. The first-order chi connectivity index (χ1) is 9.51. The number of amides is 1. The van der Waals surface area contributed by atoms with Gasteiger partial charge in [-0.05, 0) is 30.3 Å². The number of hydrogen-bond donors (Lipinski definition) is 1. The summed E-state index contributed by atoms with van der Waals surface area (Å²) in [5.74, 6) is -2.23. The molecule has 2 aromatic rings. The topological polar surface area (TPSA) is 38.3 Å². The van der Waals surface area contributed by atoms with Gasteiger partial charge in [-0.2, -0.15) is 0 Å². The zero-order valence-electron chi connectivity index (χ0n) is 10.4. The molecule has 2 rings (SSSR count). The van der Waals surface area contributed by atoms with Gasteiger partial charge in [-0.1, -0.05) is 11.6 Å². The second kappa shape index (κ2) is 5.88. The first-order valence-electron chi connectivity index (χ1n) is 5.61. The first kappa shape index (κ1) is 14.3. The number of carbonyl (C=O) groups excluding carboxylic acids is 1. The zero-order valence-corrected chi connectivity index (χ0v) is 11.2. The van der Waals surface area contributed by atoms with Crippen LogP contribution in [0, 0.1) is 11.6 Å². The van der Waals surface area contributed by atoms with Crippen LogP contribution in [0.2, 0.25) is 5.02 Å². The highest BCUT2D eigenvalue weighted by atomic mass is 35.5. The maximum absolute atomic E-state index is 13.1. The highest BCUT2D eigenvalue weighted by molar-refractivity contribution is 6.31. The summed E-state index contributed by atoms with van der Waals surface area (Å²) in [4.78, 5) is 12.1. The number of carbonyl (C=O) groups is 1. The molecule has 0 fully saturated rings. The van der Waals surface area contributed by atoms with Crippen molar-refractivity contribution in [3.63, 3.8) is 0 Å². The quantitative estimate of drug-likeness (QED) is 0.933. The van der Waals surface area contributed by atoms with Crippen LogP contribution in [0.25, 0.3) is 0 Å². The van der Waals surface area contributed by atoms with E-state index in [2.05, 4.69) is 5.32 Å². The Bertz CT molecular complexity index is 662. The third-order valence-corrected chi connectivity index (χ3v) is 2.82. The Morgan fingerprint density at radius 2 is 1.90 bits per heavy atom. The molecule has 0 aliphatic heterocycles. The summed E-state index contributed by atoms with van der Waals surface area (Å²) in [5, 5.41) is 2.81. The second-order valence-electron chi connectivity index (χ2n) is 3.93. The molecular weight excluding hydrogens is 288 g/mol. The second-order valence-corrected chi connectivity index (χ2v) is 4.36. The summed E-state index contributed by atoms with van der Waals surface area (Å²) in [6.07, 6.45) is 0. The van der Waals surface area contributed by atoms with Gasteiger partial charge in [0.1, 0.15) is 5.75 Å². The molecule has 3 nitrogen and oxygen atoms in total. The van der Waals surface area contributed by atoms with E-state index >= 15 is 0 Å². The van der Waals surface area contributed by atoms with Gasteiger partial charge in [0.05, 0.1) is 12.7 Å². The fourth-order valence-electron chi connectivity index (χ4n) is 1.63. The predicted molar refractivity (Wildman–Crippen MR) is 72.3 cm³/mol. The molecule has 0 unspecified atom stereocenters. The molecule has 104 valence electrons. The lowest BCUT2D eigenvalue weighted by Crippen LogP contribution is -2.13. The van der Waals surface area contributed by atoms with E-state index in [0.717, 1.165) is 12.1 Å². The molecule has 0 spiro atoms. The molecular formula is C14H10ClF2NO2. The number of benzene rings is 2. The van der Waals surface area contributed by atoms with Gasteiger partial charge in [-0.15, -0.1) is 0 Å². The predicted octanol–water partition coefficient (Wildman–Crippen LogP) is 3.88. The van der Waals surface area contributed by atoms with Gasteiger partial charge in [-0.3, -0.25) is 4.79 Å². The highest BCUT2D eigenvalue weighted by Gasteiger charge is 2.14. The van der Waals surface area contributed by atoms with E-state index in [0.29, 0.717) is 10.8 Å². The van der Waals surface area contributed by atoms with Crippen molar-refractivity contribution in [3.8, 4) is 5.75 Å². The third-order valence-electron chi connectivity index (χ3n) is 2.58. The van der Waals surface area contributed by atoms with Crippen LogP contribution >= 0.6 is 11.6 Å². The van der Waals surface area contributed by atoms with Gasteiger partial charge in [-0.25, -0.2) is 8.78 Å². The zero-order chi connectivity index (χ0) is 14.7. The van der Waals surface area contributed by atoms with E-state index in [1.54, 1.807) is 12.1 Å². The summed E-state index contributed by atoms with van der Waals surface area (Å²) in [5.41, 5.74) is 0.334. The van der Waals surface area contributed by atoms with Crippen molar-refractivity contribution in [2.45, 2.75) is 0 Å². The van der Waals surface area contributed by atoms with Crippen LogP contribution in [0.15, 0.2) is 36.4 Å². The standard InChI is InChI=1S/C14H10ClF2NO2/c1-20-13-5-2-8(15)6-10(13)14(19)18-9-3-4-11(16)12(17)7-9/h2-7H,1H3,(H,18,19). The van der Waals surface area contributed by atoms with Crippen molar-refractivity contribution in [2.75, 3.05) is 12.4 Å². The molecule has 0 radical (unpaired) electrons. The molecule has 0 atom stereocenters. The van der Waals surface area contributed by atoms with Gasteiger partial charge in [0.2, 0.25) is 0 Å². The van der Waals surface area contributed by atoms with E-state index in [-0.39, 0.29) is 11.3 Å². The summed E-state index contributed by atoms with van der Waals surface area (Å²) in [6.45, 7) is 0. The van der Waals surface area contributed by atoms with E-state index in [9.17, 15) is 13.6 Å². The normalized spacial score (nSPS) is 10.2. The van der Waals surface area contributed by atoms with Crippen molar-refractivity contribution in [3.05, 3.63) is 58.6 Å². The first-order valence-corrected chi connectivity index (χ1v) is 5.99. The van der Waals surface area contributed by atoms with Gasteiger partial charge in [0.15, 0.2) is 11.6 Å². The molecule has 0 aliphatic rings. The van der Waals surface area contributed by atoms with Crippen LogP contribution in [0.3, 0.4) is 0 Å². The van der Waals surface area contributed by atoms with Crippen LogP contribution in [0.4, 0.5) is 14.5 Å². The number of rotatable bonds is 3. The number of nitrogens with one attached hydrogen (secondary N) is 1. The van der Waals surface area contributed by atoms with Gasteiger partial charge >= 0.3 is 0 Å². The Labute approximate surface area is 119 Å². The summed E-state index contributed by atoms with van der Waals surface area (Å²) < 4.78 is 30.9. The number of halogens is 3. The number of anilines is 1. The van der Waals surface area contributed by atoms with E-state index < -0.39 is 17.5 Å². The molecule has 0 saturated heterocycles. The average molecular weight is 298 g/mol. The molecule has 0 saturated carbocycles. The van der Waals surface area contributed by atoms with E-state index in [1.807, 2.05) is 0 Å². The minimum atomic E-state index is -1.04. The Kier molecular flexibility index (Phi) is 4.20. The number of methoxy groups -OCH3 is 1. The van der Waals surface area contributed by atoms with E-state index in [4.69, 9.17) is 16.3 Å². The SMILES string of the molecule is COc1ccc(Cl)cc1C(=O)Nc1ccc(F)c(F)c1. The van der Waals surface area contributed by atoms with Crippen LogP contribution in [0.1, 0.15) is 10.4 Å². The van der Waals surface area contributed by atoms with Crippen LogP contribution in [-0.2, 0) is 0 Å². The van der Waals surface area contributed by atoms with Gasteiger partial charge in [0, 0.05) is 16.8 Å². The molecule has 2 aromatic carbocycles. The maximum atomic E-state index is 13.1. The fraction of sp³-hybridized carbons (Fsp3) is 0.0714. The fourth-order valence-corrected chi connectivity index (χ4v) is 1.80. The lowest BCUT2D eigenvalue weighted by atomic mass is 10.2. The molecule has 0 aliphatic carbocycles. The van der Waals surface area contributed by atoms with Crippen molar-refractivity contribution in [1.82, 2.24) is 0 Å². The van der Waals surface area contributed by atoms with Crippen molar-refractivity contribution in [1.29, 1.82) is 0 Å². The van der Waals surface area contributed by atoms with Crippen molar-refractivity contribution >= 4 is 23.2 Å². The highest BCUT2D eigenvalue weighted by Crippen LogP contribution is 2.24. The Morgan fingerprint density at radius 3 is 2.55 bits per heavy atom. The van der Waals surface area contributed by atoms with Crippen LogP contribution in [-0.4, -0.2) is 13.0 Å². The summed E-state index contributed by atoms with van der Waals surface area (Å²) in [6, 6.07) is 7.63. The molecule has 1 amide bonds. The molecule has 6 heteroatoms. The number of ether oxygens (including phenoxy) is 1. The van der Waals surface area contributed by atoms with E-state index in [1.165, 1.54) is 19.2 Å². The van der Waals surface area contributed by atoms with Gasteiger partial charge in [0.25, 0.3) is 5.91 Å². The smallest absolute Gasteiger partial charge is 0.259 e. The minimum absolute atomic E-state index is 0.135. The Balaban J connectivity index is 2.27.